The molecule has 4 nitrogen and oxygen atoms in total. The first-order valence-electron chi connectivity index (χ1n) is 6.84. The first kappa shape index (κ1) is 13.4. The molecule has 0 aliphatic carbocycles. The molecule has 2 aromatic rings. The quantitative estimate of drug-likeness (QED) is 0.916. The number of benzene rings is 1. The van der Waals surface area contributed by atoms with Crippen LogP contribution in [0.3, 0.4) is 0 Å². The minimum Gasteiger partial charge on any atom is -0.454 e. The third kappa shape index (κ3) is 2.78. The van der Waals surface area contributed by atoms with Crippen molar-refractivity contribution >= 4 is 11.3 Å². The molecule has 3 rings (SSSR count). The molecule has 5 heteroatoms. The van der Waals surface area contributed by atoms with E-state index in [-0.39, 0.29) is 0 Å². The number of nitrogens with zero attached hydrogens (tertiary/aromatic N) is 1. The van der Waals surface area contributed by atoms with Crippen LogP contribution in [0.4, 0.5) is 0 Å². The van der Waals surface area contributed by atoms with Crippen LogP contribution < -0.4 is 14.8 Å². The molecule has 0 spiro atoms. The molecule has 1 aromatic heterocycles. The number of fused-ring (bicyclic) bond motifs is 1. The summed E-state index contributed by atoms with van der Waals surface area (Å²) < 4.78 is 10.7. The summed E-state index contributed by atoms with van der Waals surface area (Å²) in [5.74, 6) is 1.61. The fraction of sp³-hybridized carbons (Fsp3) is 0.400. The Bertz CT molecular complexity index is 597. The molecule has 0 bridgehead atoms. The van der Waals surface area contributed by atoms with Gasteiger partial charge in [-0.1, -0.05) is 6.92 Å². The molecule has 20 heavy (non-hydrogen) atoms. The van der Waals surface area contributed by atoms with Crippen molar-refractivity contribution in [3.63, 3.8) is 0 Å². The summed E-state index contributed by atoms with van der Waals surface area (Å²) in [6.45, 7) is 5.48. The van der Waals surface area contributed by atoms with E-state index in [4.69, 9.17) is 9.47 Å². The highest BCUT2D eigenvalue weighted by Gasteiger charge is 2.15. The maximum atomic E-state index is 5.40. The van der Waals surface area contributed by atoms with E-state index in [1.54, 1.807) is 11.3 Å². The van der Waals surface area contributed by atoms with E-state index >= 15 is 0 Å². The van der Waals surface area contributed by atoms with Crippen LogP contribution in [-0.4, -0.2) is 17.8 Å². The number of ether oxygens (including phenoxy) is 2. The Balaban J connectivity index is 1.73. The molecule has 1 aromatic carbocycles. The fourth-order valence-corrected chi connectivity index (χ4v) is 2.79. The monoisotopic (exact) mass is 290 g/mol. The highest BCUT2D eigenvalue weighted by Crippen LogP contribution is 2.36. The molecule has 0 saturated carbocycles. The van der Waals surface area contributed by atoms with Gasteiger partial charge in [-0.05, 0) is 31.5 Å². The van der Waals surface area contributed by atoms with Crippen LogP contribution in [0.5, 0.6) is 11.5 Å². The Morgan fingerprint density at radius 3 is 3.05 bits per heavy atom. The van der Waals surface area contributed by atoms with Gasteiger partial charge < -0.3 is 14.8 Å². The Labute approximate surface area is 122 Å². The van der Waals surface area contributed by atoms with E-state index in [0.717, 1.165) is 40.7 Å². The standard InChI is InChI=1S/C15H18N2O2S/c1-3-10(2)16-7-12-8-20-15(17-12)11-4-5-13-14(6-11)19-9-18-13/h4-6,8,10,16H,3,7,9H2,1-2H3. The zero-order chi connectivity index (χ0) is 13.9. The van der Waals surface area contributed by atoms with Crippen LogP contribution in [0.25, 0.3) is 10.6 Å². The normalized spacial score (nSPS) is 14.5. The lowest BCUT2D eigenvalue weighted by Gasteiger charge is -2.08. The number of hydrogen-bond donors (Lipinski definition) is 1. The van der Waals surface area contributed by atoms with Gasteiger partial charge in [-0.25, -0.2) is 4.98 Å². The van der Waals surface area contributed by atoms with Crippen molar-refractivity contribution in [1.29, 1.82) is 0 Å². The van der Waals surface area contributed by atoms with E-state index in [0.29, 0.717) is 12.8 Å². The molecule has 0 radical (unpaired) electrons. The molecule has 1 unspecified atom stereocenters. The summed E-state index contributed by atoms with van der Waals surface area (Å²) >= 11 is 1.66. The van der Waals surface area contributed by atoms with Gasteiger partial charge in [0.2, 0.25) is 6.79 Å². The maximum Gasteiger partial charge on any atom is 0.231 e. The largest absolute Gasteiger partial charge is 0.454 e. The van der Waals surface area contributed by atoms with E-state index < -0.39 is 0 Å². The third-order valence-electron chi connectivity index (χ3n) is 3.42. The lowest BCUT2D eigenvalue weighted by Crippen LogP contribution is -2.24. The van der Waals surface area contributed by atoms with Gasteiger partial charge in [-0.15, -0.1) is 11.3 Å². The molecule has 0 saturated heterocycles. The molecular formula is C15H18N2O2S. The lowest BCUT2D eigenvalue weighted by molar-refractivity contribution is 0.174. The van der Waals surface area contributed by atoms with Gasteiger partial charge in [0.1, 0.15) is 5.01 Å². The predicted octanol–water partition coefficient (Wildman–Crippen LogP) is 3.43. The van der Waals surface area contributed by atoms with Crippen molar-refractivity contribution in [2.75, 3.05) is 6.79 Å². The first-order valence-corrected chi connectivity index (χ1v) is 7.72. The Hall–Kier alpha value is -1.59. The van der Waals surface area contributed by atoms with E-state index in [1.165, 1.54) is 0 Å². The molecule has 0 fully saturated rings. The van der Waals surface area contributed by atoms with Gasteiger partial charge >= 0.3 is 0 Å². The van der Waals surface area contributed by atoms with Crippen molar-refractivity contribution in [3.8, 4) is 22.1 Å². The summed E-state index contributed by atoms with van der Waals surface area (Å²) in [5, 5.41) is 6.58. The highest BCUT2D eigenvalue weighted by atomic mass is 32.1. The van der Waals surface area contributed by atoms with E-state index in [9.17, 15) is 0 Å². The van der Waals surface area contributed by atoms with Crippen LogP contribution in [0.15, 0.2) is 23.6 Å². The molecule has 106 valence electrons. The van der Waals surface area contributed by atoms with Crippen LogP contribution in [-0.2, 0) is 6.54 Å². The molecule has 1 atom stereocenters. The summed E-state index contributed by atoms with van der Waals surface area (Å²) in [4.78, 5) is 4.67. The number of hydrogen-bond acceptors (Lipinski definition) is 5. The van der Waals surface area contributed by atoms with Gasteiger partial charge in [0.25, 0.3) is 0 Å². The van der Waals surface area contributed by atoms with Crippen LogP contribution in [0.1, 0.15) is 26.0 Å². The number of thiazole rings is 1. The predicted molar refractivity (Wildman–Crippen MR) is 80.3 cm³/mol. The van der Waals surface area contributed by atoms with Crippen molar-refractivity contribution in [3.05, 3.63) is 29.3 Å². The summed E-state index contributed by atoms with van der Waals surface area (Å²) in [7, 11) is 0. The van der Waals surface area contributed by atoms with Crippen LogP contribution in [0.2, 0.25) is 0 Å². The van der Waals surface area contributed by atoms with Gasteiger partial charge in [0, 0.05) is 23.5 Å². The molecule has 0 amide bonds. The van der Waals surface area contributed by atoms with Gasteiger partial charge in [-0.2, -0.15) is 0 Å². The smallest absolute Gasteiger partial charge is 0.231 e. The zero-order valence-corrected chi connectivity index (χ0v) is 12.5. The second-order valence-corrected chi connectivity index (χ2v) is 5.76. The second-order valence-electron chi connectivity index (χ2n) is 4.90. The van der Waals surface area contributed by atoms with Crippen LogP contribution in [0, 0.1) is 0 Å². The number of rotatable bonds is 5. The SMILES string of the molecule is CCC(C)NCc1csc(-c2ccc3c(c2)OCO3)n1. The topological polar surface area (TPSA) is 43.4 Å². The molecule has 1 N–H and O–H groups in total. The van der Waals surface area contributed by atoms with E-state index in [1.807, 2.05) is 18.2 Å². The van der Waals surface area contributed by atoms with Crippen molar-refractivity contribution in [1.82, 2.24) is 10.3 Å². The van der Waals surface area contributed by atoms with Gasteiger partial charge in [0.15, 0.2) is 11.5 Å². The Morgan fingerprint density at radius 1 is 1.35 bits per heavy atom. The average Bonchev–Trinajstić information content (AvgIpc) is 3.12. The number of nitrogens with one attached hydrogen (secondary N) is 1. The maximum absolute atomic E-state index is 5.40. The molecular weight excluding hydrogens is 272 g/mol. The van der Waals surface area contributed by atoms with Crippen molar-refractivity contribution in [2.45, 2.75) is 32.9 Å². The summed E-state index contributed by atoms with van der Waals surface area (Å²) in [6.07, 6.45) is 1.12. The third-order valence-corrected chi connectivity index (χ3v) is 4.36. The molecule has 2 heterocycles. The minimum absolute atomic E-state index is 0.306. The minimum atomic E-state index is 0.306. The molecule has 1 aliphatic rings. The zero-order valence-electron chi connectivity index (χ0n) is 11.7. The van der Waals surface area contributed by atoms with Crippen LogP contribution >= 0.6 is 11.3 Å². The van der Waals surface area contributed by atoms with Crippen molar-refractivity contribution < 1.29 is 9.47 Å². The summed E-state index contributed by atoms with van der Waals surface area (Å²) in [5.41, 5.74) is 2.16. The Kier molecular flexibility index (Phi) is 3.89. The van der Waals surface area contributed by atoms with E-state index in [2.05, 4.69) is 29.5 Å². The fourth-order valence-electron chi connectivity index (χ4n) is 1.97. The lowest BCUT2D eigenvalue weighted by atomic mass is 10.2. The Morgan fingerprint density at radius 2 is 2.20 bits per heavy atom. The first-order chi connectivity index (χ1) is 9.76. The second kappa shape index (κ2) is 5.81. The van der Waals surface area contributed by atoms with Gasteiger partial charge in [0.05, 0.1) is 5.69 Å². The summed E-state index contributed by atoms with van der Waals surface area (Å²) in [6, 6.07) is 6.48. The average molecular weight is 290 g/mol. The van der Waals surface area contributed by atoms with Crippen molar-refractivity contribution in [2.24, 2.45) is 0 Å². The molecule has 1 aliphatic heterocycles. The van der Waals surface area contributed by atoms with Gasteiger partial charge in [-0.3, -0.25) is 0 Å². The highest BCUT2D eigenvalue weighted by molar-refractivity contribution is 7.13. The number of aromatic nitrogens is 1.